The van der Waals surface area contributed by atoms with E-state index in [2.05, 4.69) is 30.6 Å². The van der Waals surface area contributed by atoms with Crippen molar-refractivity contribution in [1.29, 1.82) is 0 Å². The van der Waals surface area contributed by atoms with Crippen molar-refractivity contribution in [2.75, 3.05) is 19.8 Å². The summed E-state index contributed by atoms with van der Waals surface area (Å²) in [6.45, 7) is 8.90. The number of hydrogen-bond acceptors (Lipinski definition) is 11. The number of halogens is 1. The number of carbonyl (C=O) groups is 1. The van der Waals surface area contributed by atoms with Crippen molar-refractivity contribution in [2.45, 2.75) is 161 Å². The highest BCUT2D eigenvalue weighted by Crippen LogP contribution is 2.62. The van der Waals surface area contributed by atoms with Crippen LogP contribution in [0.5, 0.6) is 11.5 Å². The quantitative estimate of drug-likeness (QED) is 0.0214. The molecule has 1 aliphatic heterocycles. The maximum atomic E-state index is 15.3. The summed E-state index contributed by atoms with van der Waals surface area (Å²) < 4.78 is 35.8. The molecule has 74 heavy (non-hydrogen) atoms. The van der Waals surface area contributed by atoms with Gasteiger partial charge in [0.15, 0.2) is 0 Å². The number of aliphatic hydroxyl groups excluding tert-OH is 2. The summed E-state index contributed by atoms with van der Waals surface area (Å²) in [6, 6.07) is 23.4. The second-order valence-corrected chi connectivity index (χ2v) is 20.3. The maximum Gasteiger partial charge on any atom is 0.269 e. The molecule has 398 valence electrons. The first kappa shape index (κ1) is 55.8. The Kier molecular flexibility index (Phi) is 21.2. The van der Waals surface area contributed by atoms with Crippen molar-refractivity contribution in [3.05, 3.63) is 153 Å². The number of aliphatic hydroxyl groups is 2. The third-order valence-electron chi connectivity index (χ3n) is 15.0. The van der Waals surface area contributed by atoms with Crippen molar-refractivity contribution >= 4 is 17.3 Å². The van der Waals surface area contributed by atoms with Crippen LogP contribution in [0.4, 0.5) is 10.1 Å². The molecule has 6 unspecified atom stereocenters. The summed E-state index contributed by atoms with van der Waals surface area (Å²) >= 11 is 0. The smallest absolute Gasteiger partial charge is 0.269 e. The molecule has 7 rings (SSSR count). The Labute approximate surface area is 437 Å². The number of ether oxygens (including phenoxy) is 3. The molecule has 0 radical (unpaired) electrons. The second kappa shape index (κ2) is 28.1. The van der Waals surface area contributed by atoms with E-state index in [9.17, 15) is 24.7 Å². The number of allylic oxidation sites excluding steroid dienone is 1. The molecule has 1 aromatic heterocycles. The Bertz CT molecular complexity index is 2500. The number of aryl methyl sites for hydroxylation is 1. The highest BCUT2D eigenvalue weighted by Gasteiger charge is 2.65. The number of nitrogens with zero attached hydrogens (tertiary/aromatic N) is 4. The third kappa shape index (κ3) is 14.5. The number of pyridine rings is 1. The number of non-ortho nitro benzene ring substituents is 1. The zero-order chi connectivity index (χ0) is 52.3. The Morgan fingerprint density at radius 1 is 0.905 bits per heavy atom. The van der Waals surface area contributed by atoms with Gasteiger partial charge in [0.05, 0.1) is 28.9 Å². The van der Waals surface area contributed by atoms with E-state index >= 15 is 4.79 Å². The number of unbranched alkanes of at least 4 members (excludes halogenated alkanes) is 10. The van der Waals surface area contributed by atoms with Gasteiger partial charge in [-0.25, -0.2) is 4.39 Å². The van der Waals surface area contributed by atoms with E-state index in [0.717, 1.165) is 73.0 Å². The van der Waals surface area contributed by atoms with Gasteiger partial charge in [-0.15, -0.1) is 6.58 Å². The van der Waals surface area contributed by atoms with E-state index in [4.69, 9.17) is 24.2 Å². The van der Waals surface area contributed by atoms with Crippen LogP contribution < -0.4 is 9.47 Å². The van der Waals surface area contributed by atoms with Crippen LogP contribution in [0.15, 0.2) is 114 Å². The highest BCUT2D eigenvalue weighted by molar-refractivity contribution is 6.03. The van der Waals surface area contributed by atoms with Gasteiger partial charge in [0.1, 0.15) is 36.6 Å². The first-order valence-corrected chi connectivity index (χ1v) is 27.1. The van der Waals surface area contributed by atoms with Crippen LogP contribution in [0.1, 0.15) is 150 Å². The van der Waals surface area contributed by atoms with Gasteiger partial charge in [-0.1, -0.05) is 107 Å². The number of nitro benzene ring substituents is 1. The van der Waals surface area contributed by atoms with Gasteiger partial charge in [-0.2, -0.15) is 0 Å². The van der Waals surface area contributed by atoms with Gasteiger partial charge in [-0.3, -0.25) is 19.9 Å². The average molecular weight is 1020 g/mol. The monoisotopic (exact) mass is 1020 g/mol. The topological polar surface area (TPSA) is 166 Å². The summed E-state index contributed by atoms with van der Waals surface area (Å²) in [5, 5.41) is 36.6. The fourth-order valence-corrected chi connectivity index (χ4v) is 11.4. The molecule has 3 aromatic carbocycles. The molecule has 3 aliphatic rings. The molecule has 14 heteroatoms. The zero-order valence-corrected chi connectivity index (χ0v) is 43.5. The fraction of sp³-hybridized carbons (Fsp3) is 0.517. The second-order valence-electron chi connectivity index (χ2n) is 20.3. The van der Waals surface area contributed by atoms with Gasteiger partial charge in [-0.05, 0) is 122 Å². The minimum absolute atomic E-state index is 0.000586. The SMILES string of the molecule is C=CCOC12Oc3ccc(OCc4cccc(C)n4)cc3C3C(CCCCO)C(CCCCO)C=C(C(=NOCc4ccc([N+](=O)[O-])cc4)CC1N(Cc1ccc(F)cc1)C(=O)CCCCCCCCCCC)C32. The van der Waals surface area contributed by atoms with Crippen molar-refractivity contribution < 1.29 is 43.4 Å². The van der Waals surface area contributed by atoms with Crippen LogP contribution in [-0.4, -0.2) is 68.3 Å². The molecule has 1 amide bonds. The maximum absolute atomic E-state index is 15.3. The molecule has 2 aliphatic carbocycles. The molecule has 6 atom stereocenters. The summed E-state index contributed by atoms with van der Waals surface area (Å²) in [5.41, 5.74) is 5.51. The summed E-state index contributed by atoms with van der Waals surface area (Å²) in [7, 11) is 0. The molecule has 4 aromatic rings. The van der Waals surface area contributed by atoms with Crippen LogP contribution >= 0.6 is 0 Å². The molecule has 1 fully saturated rings. The van der Waals surface area contributed by atoms with Gasteiger partial charge in [0.2, 0.25) is 11.7 Å². The number of benzene rings is 3. The molecular weight excluding hydrogens is 940 g/mol. The molecule has 2 heterocycles. The van der Waals surface area contributed by atoms with Gasteiger partial charge in [0.25, 0.3) is 5.69 Å². The zero-order valence-electron chi connectivity index (χ0n) is 43.5. The van der Waals surface area contributed by atoms with Crippen LogP contribution in [-0.2, 0) is 34.1 Å². The molecule has 0 saturated heterocycles. The predicted octanol–water partition coefficient (Wildman–Crippen LogP) is 12.8. The van der Waals surface area contributed by atoms with Gasteiger partial charge in [0, 0.05) is 61.9 Å². The Balaban J connectivity index is 1.37. The van der Waals surface area contributed by atoms with Crippen molar-refractivity contribution in [3.63, 3.8) is 0 Å². The number of hydrogen-bond donors (Lipinski definition) is 2. The summed E-state index contributed by atoms with van der Waals surface area (Å²) in [4.78, 5) is 39.1. The normalized spacial score (nSPS) is 21.2. The molecular formula is C60H77FN4O9. The Morgan fingerprint density at radius 2 is 1.61 bits per heavy atom. The van der Waals surface area contributed by atoms with E-state index in [1.54, 1.807) is 30.3 Å². The lowest BCUT2D eigenvalue weighted by molar-refractivity contribution is -0.384. The van der Waals surface area contributed by atoms with Crippen LogP contribution in [0, 0.1) is 40.6 Å². The van der Waals surface area contributed by atoms with E-state index in [-0.39, 0.29) is 87.6 Å². The Morgan fingerprint density at radius 3 is 2.30 bits per heavy atom. The minimum atomic E-state index is -1.50. The molecule has 0 spiro atoms. The first-order valence-electron chi connectivity index (χ1n) is 27.1. The van der Waals surface area contributed by atoms with Crippen LogP contribution in [0.2, 0.25) is 0 Å². The van der Waals surface area contributed by atoms with E-state index in [0.29, 0.717) is 42.0 Å². The minimum Gasteiger partial charge on any atom is -0.487 e. The number of nitro groups is 1. The molecule has 1 saturated carbocycles. The third-order valence-corrected chi connectivity index (χ3v) is 15.0. The summed E-state index contributed by atoms with van der Waals surface area (Å²) in [6.07, 6.45) is 18.7. The first-order chi connectivity index (χ1) is 36.1. The van der Waals surface area contributed by atoms with Gasteiger partial charge < -0.3 is 34.2 Å². The average Bonchev–Trinajstić information content (AvgIpc) is 3.45. The number of aromatic nitrogens is 1. The summed E-state index contributed by atoms with van der Waals surface area (Å²) in [5.74, 6) is -1.58. The van der Waals surface area contributed by atoms with Crippen molar-refractivity contribution in [3.8, 4) is 11.5 Å². The number of oxime groups is 1. The fourth-order valence-electron chi connectivity index (χ4n) is 11.4. The number of fused-ring (bicyclic) bond motifs is 2. The van der Waals surface area contributed by atoms with Crippen molar-refractivity contribution in [2.24, 2.45) is 22.9 Å². The van der Waals surface area contributed by atoms with Crippen molar-refractivity contribution in [1.82, 2.24) is 9.88 Å². The molecule has 0 bridgehead atoms. The lowest BCUT2D eigenvalue weighted by Gasteiger charge is -2.60. The number of amides is 1. The molecule has 13 nitrogen and oxygen atoms in total. The Hall–Kier alpha value is -5.96. The van der Waals surface area contributed by atoms with E-state index in [1.807, 2.05) is 42.2 Å². The number of rotatable bonds is 31. The lowest BCUT2D eigenvalue weighted by atomic mass is 9.55. The predicted molar refractivity (Wildman–Crippen MR) is 285 cm³/mol. The van der Waals surface area contributed by atoms with E-state index in [1.165, 1.54) is 56.4 Å². The molecule has 2 N–H and O–H groups in total. The van der Waals surface area contributed by atoms with Crippen LogP contribution in [0.25, 0.3) is 0 Å². The van der Waals surface area contributed by atoms with Gasteiger partial charge >= 0.3 is 0 Å². The highest BCUT2D eigenvalue weighted by atomic mass is 19.1. The number of carbonyl (C=O) groups excluding carboxylic acids is 1. The lowest BCUT2D eigenvalue weighted by Crippen LogP contribution is -2.70. The van der Waals surface area contributed by atoms with E-state index < -0.39 is 22.7 Å². The standard InChI is InChI=1S/C60H77FN4O9/c1-4-6-7-8-9-10-11-12-13-23-57(68)64(40-44-24-28-47(61)29-25-44)56-39-54(63-73-41-45-26-30-49(31-27-45)65(69)70)52-37-46(20-14-16-34-66)51(22-15-17-35-67)58-53-38-50(71-42-48-21-18-19-43(3)62-48)32-33-55(53)74-60(56,59(52)58)72-36-5-2/h5,18-19,21,24-33,37-38,46,51,56,58-59,66-67H,2,4,6-17,20,22-23,34-36,39-42H2,1,3H3. The van der Waals surface area contributed by atoms with Crippen LogP contribution in [0.3, 0.4) is 0 Å². The largest absolute Gasteiger partial charge is 0.487 e.